The Labute approximate surface area is 149 Å². The van der Waals surface area contributed by atoms with E-state index in [0.29, 0.717) is 10.6 Å². The monoisotopic (exact) mass is 379 g/mol. The third-order valence-corrected chi connectivity index (χ3v) is 6.63. The Morgan fingerprint density at radius 2 is 1.92 bits per heavy atom. The first-order chi connectivity index (χ1) is 11.9. The highest BCUT2D eigenvalue weighted by Gasteiger charge is 2.33. The molecule has 0 bridgehead atoms. The van der Waals surface area contributed by atoms with Crippen LogP contribution >= 0.6 is 11.3 Å². The minimum atomic E-state index is -3.15. The van der Waals surface area contributed by atoms with E-state index in [9.17, 15) is 18.0 Å². The first-order valence-corrected chi connectivity index (χ1v) is 10.3. The summed E-state index contributed by atoms with van der Waals surface area (Å²) in [5, 5.41) is 0.734. The minimum Gasteiger partial charge on any atom is -0.273 e. The van der Waals surface area contributed by atoms with Crippen LogP contribution in [0.25, 0.3) is 11.3 Å². The van der Waals surface area contributed by atoms with Crippen LogP contribution in [-0.4, -0.2) is 36.7 Å². The zero-order valence-corrected chi connectivity index (χ0v) is 15.1. The molecule has 1 atom stereocenters. The van der Waals surface area contributed by atoms with Crippen LogP contribution in [0.15, 0.2) is 30.3 Å². The van der Waals surface area contributed by atoms with Crippen LogP contribution in [0.2, 0.25) is 0 Å². The molecule has 2 amide bonds. The molecule has 132 valence electrons. The van der Waals surface area contributed by atoms with Gasteiger partial charge in [0.1, 0.15) is 4.88 Å². The van der Waals surface area contributed by atoms with Crippen LogP contribution in [0.4, 0.5) is 0 Å². The second-order valence-electron chi connectivity index (χ2n) is 5.82. The molecule has 0 aliphatic carbocycles. The molecule has 7 nitrogen and oxygen atoms in total. The molecule has 1 aliphatic rings. The maximum absolute atomic E-state index is 12.4. The minimum absolute atomic E-state index is 0.00519. The number of nitrogens with one attached hydrogen (secondary N) is 2. The van der Waals surface area contributed by atoms with E-state index in [-0.39, 0.29) is 17.9 Å². The summed E-state index contributed by atoms with van der Waals surface area (Å²) in [5.41, 5.74) is 6.05. The maximum atomic E-state index is 12.4. The summed E-state index contributed by atoms with van der Waals surface area (Å²) in [7, 11) is -3.15. The fourth-order valence-corrected chi connectivity index (χ4v) is 5.23. The Hall–Kier alpha value is -2.26. The predicted octanol–water partition coefficient (Wildman–Crippen LogP) is 1.31. The molecule has 1 aromatic heterocycles. The number of hydrogen-bond donors (Lipinski definition) is 2. The highest BCUT2D eigenvalue weighted by molar-refractivity contribution is 7.91. The Balaban J connectivity index is 1.69. The number of benzene rings is 1. The number of sulfone groups is 1. The summed E-state index contributed by atoms with van der Waals surface area (Å²) < 4.78 is 22.9. The van der Waals surface area contributed by atoms with Crippen LogP contribution in [0, 0.1) is 12.8 Å². The van der Waals surface area contributed by atoms with Crippen molar-refractivity contribution in [3.63, 3.8) is 0 Å². The molecule has 3 rings (SSSR count). The predicted molar refractivity (Wildman–Crippen MR) is 94.7 cm³/mol. The van der Waals surface area contributed by atoms with E-state index in [0.717, 1.165) is 10.6 Å². The van der Waals surface area contributed by atoms with Gasteiger partial charge in [0.05, 0.1) is 28.1 Å². The van der Waals surface area contributed by atoms with E-state index < -0.39 is 27.6 Å². The smallest absolute Gasteiger partial charge is 0.273 e. The largest absolute Gasteiger partial charge is 0.282 e. The fourth-order valence-electron chi connectivity index (χ4n) is 2.65. The van der Waals surface area contributed by atoms with Crippen molar-refractivity contribution in [2.24, 2.45) is 5.92 Å². The van der Waals surface area contributed by atoms with Gasteiger partial charge in [0.15, 0.2) is 9.84 Å². The molecule has 1 aliphatic heterocycles. The van der Waals surface area contributed by atoms with Crippen LogP contribution < -0.4 is 10.9 Å². The lowest BCUT2D eigenvalue weighted by Crippen LogP contribution is -2.44. The molecule has 2 aromatic rings. The molecule has 0 spiro atoms. The van der Waals surface area contributed by atoms with Crippen LogP contribution in [-0.2, 0) is 14.6 Å². The van der Waals surface area contributed by atoms with Gasteiger partial charge < -0.3 is 0 Å². The van der Waals surface area contributed by atoms with Crippen LogP contribution in [0.1, 0.15) is 21.1 Å². The molecule has 1 saturated heterocycles. The fraction of sp³-hybridized carbons (Fsp3) is 0.312. The van der Waals surface area contributed by atoms with E-state index in [1.165, 1.54) is 11.3 Å². The molecule has 25 heavy (non-hydrogen) atoms. The summed E-state index contributed by atoms with van der Waals surface area (Å²) in [6.45, 7) is 1.80. The average molecular weight is 379 g/mol. The summed E-state index contributed by atoms with van der Waals surface area (Å²) in [6.07, 6.45) is 0.277. The Bertz CT molecular complexity index is 907. The average Bonchev–Trinajstić information content (AvgIpc) is 3.15. The summed E-state index contributed by atoms with van der Waals surface area (Å²) in [5.74, 6) is -1.76. The topological polar surface area (TPSA) is 105 Å². The molecule has 1 aromatic carbocycles. The quantitative estimate of drug-likeness (QED) is 0.783. The van der Waals surface area contributed by atoms with Crippen molar-refractivity contribution in [1.82, 2.24) is 15.8 Å². The summed E-state index contributed by atoms with van der Waals surface area (Å²) in [6, 6.07) is 9.29. The van der Waals surface area contributed by atoms with Gasteiger partial charge in [-0.05, 0) is 13.3 Å². The molecule has 0 saturated carbocycles. The first-order valence-electron chi connectivity index (χ1n) is 7.69. The lowest BCUT2D eigenvalue weighted by molar-refractivity contribution is -0.125. The number of carbonyl (C=O) groups excluding carboxylic acids is 2. The second kappa shape index (κ2) is 6.93. The van der Waals surface area contributed by atoms with Gasteiger partial charge in [-0.25, -0.2) is 13.4 Å². The maximum Gasteiger partial charge on any atom is 0.282 e. The van der Waals surface area contributed by atoms with E-state index >= 15 is 0 Å². The number of carbonyl (C=O) groups is 2. The van der Waals surface area contributed by atoms with Gasteiger partial charge >= 0.3 is 0 Å². The standard InChI is InChI=1S/C16H17N3O4S2/c1-10-17-13(11-5-3-2-4-6-11)14(24-10)16(21)19-18-15(20)12-7-8-25(22,23)9-12/h2-6,12H,7-9H2,1H3,(H,18,20)(H,19,21)/t12-/m1/s1. The van der Waals surface area contributed by atoms with Gasteiger partial charge in [0, 0.05) is 5.56 Å². The Morgan fingerprint density at radius 3 is 2.56 bits per heavy atom. The highest BCUT2D eigenvalue weighted by Crippen LogP contribution is 2.27. The van der Waals surface area contributed by atoms with Crippen LogP contribution in [0.5, 0.6) is 0 Å². The van der Waals surface area contributed by atoms with Crippen molar-refractivity contribution in [1.29, 1.82) is 0 Å². The third kappa shape index (κ3) is 4.05. The van der Waals surface area contributed by atoms with Crippen molar-refractivity contribution in [2.45, 2.75) is 13.3 Å². The normalized spacial score (nSPS) is 18.7. The van der Waals surface area contributed by atoms with Crippen LogP contribution in [0.3, 0.4) is 0 Å². The number of thiazole rings is 1. The lowest BCUT2D eigenvalue weighted by atomic mass is 10.1. The van der Waals surface area contributed by atoms with Gasteiger partial charge in [0.2, 0.25) is 5.91 Å². The van der Waals surface area contributed by atoms with Gasteiger partial charge in [-0.3, -0.25) is 20.4 Å². The van der Waals surface area contributed by atoms with Gasteiger partial charge in [-0.2, -0.15) is 0 Å². The first kappa shape index (κ1) is 17.6. The van der Waals surface area contributed by atoms with Crippen molar-refractivity contribution in [3.05, 3.63) is 40.2 Å². The molecular formula is C16H17N3O4S2. The van der Waals surface area contributed by atoms with Gasteiger partial charge in [0.25, 0.3) is 5.91 Å². The zero-order chi connectivity index (χ0) is 18.0. The number of nitrogens with zero attached hydrogens (tertiary/aromatic N) is 1. The lowest BCUT2D eigenvalue weighted by Gasteiger charge is -2.10. The number of aromatic nitrogens is 1. The van der Waals surface area contributed by atoms with E-state index in [1.807, 2.05) is 30.3 Å². The highest BCUT2D eigenvalue weighted by atomic mass is 32.2. The van der Waals surface area contributed by atoms with Gasteiger partial charge in [-0.15, -0.1) is 11.3 Å². The SMILES string of the molecule is Cc1nc(-c2ccccc2)c(C(=O)NNC(=O)[C@@H]2CCS(=O)(=O)C2)s1. The van der Waals surface area contributed by atoms with E-state index in [2.05, 4.69) is 15.8 Å². The Kier molecular flexibility index (Phi) is 4.87. The second-order valence-corrected chi connectivity index (χ2v) is 9.25. The molecule has 1 fully saturated rings. The van der Waals surface area contributed by atoms with Crippen molar-refractivity contribution < 1.29 is 18.0 Å². The molecule has 0 unspecified atom stereocenters. The van der Waals surface area contributed by atoms with Crippen molar-refractivity contribution in [3.8, 4) is 11.3 Å². The summed E-state index contributed by atoms with van der Waals surface area (Å²) in [4.78, 5) is 29.2. The zero-order valence-electron chi connectivity index (χ0n) is 13.5. The number of hydrazine groups is 1. The molecule has 2 heterocycles. The van der Waals surface area contributed by atoms with Gasteiger partial charge in [-0.1, -0.05) is 30.3 Å². The number of hydrogen-bond acceptors (Lipinski definition) is 6. The molecule has 0 radical (unpaired) electrons. The third-order valence-electron chi connectivity index (χ3n) is 3.89. The molecule has 2 N–H and O–H groups in total. The number of aryl methyl sites for hydroxylation is 1. The van der Waals surface area contributed by atoms with E-state index in [4.69, 9.17) is 0 Å². The van der Waals surface area contributed by atoms with E-state index in [1.54, 1.807) is 6.92 Å². The summed E-state index contributed by atoms with van der Waals surface area (Å²) >= 11 is 1.23. The molecular weight excluding hydrogens is 362 g/mol. The van der Waals surface area contributed by atoms with Crippen molar-refractivity contribution >= 4 is 33.0 Å². The number of amides is 2. The number of rotatable bonds is 3. The Morgan fingerprint density at radius 1 is 1.20 bits per heavy atom. The molecule has 9 heteroatoms. The van der Waals surface area contributed by atoms with Crippen molar-refractivity contribution in [2.75, 3.05) is 11.5 Å².